The van der Waals surface area contributed by atoms with Gasteiger partial charge in [-0.05, 0) is 35.4 Å². The molecule has 1 heterocycles. The number of ether oxygens (including phenoxy) is 2. The van der Waals surface area contributed by atoms with Gasteiger partial charge in [-0.15, -0.1) is 0 Å². The number of amidine groups is 1. The molecule has 1 aliphatic heterocycles. The number of rotatable bonds is 8. The molecule has 0 fully saturated rings. The Morgan fingerprint density at radius 1 is 0.970 bits per heavy atom. The smallest absolute Gasteiger partial charge is 0.263 e. The fraction of sp³-hybridized carbons (Fsp3) is 0.167. The van der Waals surface area contributed by atoms with Crippen LogP contribution in [0.1, 0.15) is 16.7 Å². The maximum atomic E-state index is 12.3. The predicted molar refractivity (Wildman–Crippen MR) is 124 cm³/mol. The molecule has 0 aliphatic carbocycles. The second kappa shape index (κ2) is 9.74. The van der Waals surface area contributed by atoms with E-state index in [4.69, 9.17) is 9.47 Å². The number of hydrogen-bond donors (Lipinski definition) is 2. The summed E-state index contributed by atoms with van der Waals surface area (Å²) in [7, 11) is -2.07. The molecule has 4 rings (SSSR count). The van der Waals surface area contributed by atoms with Crippen LogP contribution in [0.15, 0.2) is 82.7 Å². The average Bonchev–Trinajstić information content (AvgIpc) is 3.11. The van der Waals surface area contributed by atoms with Crippen molar-refractivity contribution >= 4 is 21.8 Å². The van der Waals surface area contributed by atoms with Crippen LogP contribution in [0, 0.1) is 0 Å². The molecule has 0 saturated carbocycles. The Balaban J connectivity index is 1.34. The summed E-state index contributed by atoms with van der Waals surface area (Å²) in [5.74, 6) is 1.00. The SMILES string of the molecule is COc1cc(CNC(=O)CN=C2NS(=O)(=O)c3ccccc32)ccc1OCc1ccccc1. The maximum absolute atomic E-state index is 12.3. The van der Waals surface area contributed by atoms with E-state index in [0.717, 1.165) is 11.1 Å². The monoisotopic (exact) mass is 465 g/mol. The number of fused-ring (bicyclic) bond motifs is 1. The zero-order valence-corrected chi connectivity index (χ0v) is 18.8. The molecular formula is C24H23N3O5S. The number of methoxy groups -OCH3 is 1. The van der Waals surface area contributed by atoms with Crippen molar-refractivity contribution in [3.8, 4) is 11.5 Å². The summed E-state index contributed by atoms with van der Waals surface area (Å²) in [4.78, 5) is 16.6. The van der Waals surface area contributed by atoms with Crippen molar-refractivity contribution in [3.05, 3.63) is 89.5 Å². The number of hydrogen-bond acceptors (Lipinski definition) is 6. The maximum Gasteiger partial charge on any atom is 0.263 e. The van der Waals surface area contributed by atoms with Crippen LogP contribution in [0.4, 0.5) is 0 Å². The predicted octanol–water partition coefficient (Wildman–Crippen LogP) is 2.63. The average molecular weight is 466 g/mol. The van der Waals surface area contributed by atoms with E-state index in [9.17, 15) is 13.2 Å². The van der Waals surface area contributed by atoms with Crippen molar-refractivity contribution in [3.63, 3.8) is 0 Å². The Bertz CT molecular complexity index is 1290. The third-order valence-electron chi connectivity index (χ3n) is 5.00. The number of benzene rings is 3. The van der Waals surface area contributed by atoms with E-state index >= 15 is 0 Å². The van der Waals surface area contributed by atoms with Crippen molar-refractivity contribution in [2.45, 2.75) is 18.0 Å². The minimum atomic E-state index is -3.63. The van der Waals surface area contributed by atoms with Crippen LogP contribution in [0.25, 0.3) is 0 Å². The van der Waals surface area contributed by atoms with Crippen LogP contribution in [0.2, 0.25) is 0 Å². The Hall–Kier alpha value is -3.85. The Kier molecular flexibility index (Phi) is 6.60. The minimum absolute atomic E-state index is 0.158. The first-order valence-corrected chi connectivity index (χ1v) is 11.7. The molecule has 3 aromatic rings. The standard InChI is InChI=1S/C24H23N3O5S/c1-31-21-13-18(11-12-20(21)32-16-17-7-3-2-4-8-17)14-25-23(28)15-26-24-19-9-5-6-10-22(19)33(29,30)27-24/h2-13H,14-16H2,1H3,(H,25,28)(H,26,27). The molecule has 0 unspecified atom stereocenters. The van der Waals surface area contributed by atoms with E-state index in [1.807, 2.05) is 36.4 Å². The summed E-state index contributed by atoms with van der Waals surface area (Å²) in [5, 5.41) is 2.78. The molecule has 0 aromatic heterocycles. The number of sulfonamides is 1. The third kappa shape index (κ3) is 5.32. The first kappa shape index (κ1) is 22.3. The van der Waals surface area contributed by atoms with Gasteiger partial charge in [0.25, 0.3) is 10.0 Å². The summed E-state index contributed by atoms with van der Waals surface area (Å²) in [5.41, 5.74) is 2.33. The highest BCUT2D eigenvalue weighted by Gasteiger charge is 2.30. The molecule has 9 heteroatoms. The van der Waals surface area contributed by atoms with Gasteiger partial charge in [0.15, 0.2) is 11.5 Å². The first-order valence-electron chi connectivity index (χ1n) is 10.2. The van der Waals surface area contributed by atoms with Crippen LogP contribution in [0.5, 0.6) is 11.5 Å². The molecule has 0 radical (unpaired) electrons. The lowest BCUT2D eigenvalue weighted by molar-refractivity contribution is -0.119. The lowest BCUT2D eigenvalue weighted by Crippen LogP contribution is -2.28. The highest BCUT2D eigenvalue weighted by molar-refractivity contribution is 7.90. The van der Waals surface area contributed by atoms with Gasteiger partial charge in [-0.1, -0.05) is 48.5 Å². The molecule has 2 N–H and O–H groups in total. The number of amides is 1. The summed E-state index contributed by atoms with van der Waals surface area (Å²) in [6, 6.07) is 21.8. The molecule has 3 aromatic carbocycles. The van der Waals surface area contributed by atoms with Gasteiger partial charge >= 0.3 is 0 Å². The Morgan fingerprint density at radius 3 is 2.52 bits per heavy atom. The van der Waals surface area contributed by atoms with Gasteiger partial charge in [0, 0.05) is 12.1 Å². The fourth-order valence-corrected chi connectivity index (χ4v) is 4.59. The summed E-state index contributed by atoms with van der Waals surface area (Å²) < 4.78 is 37.9. The second-order valence-electron chi connectivity index (χ2n) is 7.30. The number of carbonyl (C=O) groups is 1. The molecule has 0 atom stereocenters. The lowest BCUT2D eigenvalue weighted by Gasteiger charge is -2.12. The van der Waals surface area contributed by atoms with Crippen LogP contribution >= 0.6 is 0 Å². The third-order valence-corrected chi connectivity index (χ3v) is 6.40. The zero-order chi connectivity index (χ0) is 23.3. The number of aliphatic imine (C=N–C) groups is 1. The summed E-state index contributed by atoms with van der Waals surface area (Å²) in [6.45, 7) is 0.476. The largest absolute Gasteiger partial charge is 0.493 e. The normalized spacial score (nSPS) is 14.9. The van der Waals surface area contributed by atoms with Gasteiger partial charge in [-0.25, -0.2) is 8.42 Å². The molecule has 0 saturated heterocycles. The highest BCUT2D eigenvalue weighted by atomic mass is 32.2. The first-order chi connectivity index (χ1) is 16.0. The van der Waals surface area contributed by atoms with E-state index in [1.165, 1.54) is 6.07 Å². The quantitative estimate of drug-likeness (QED) is 0.532. The molecule has 0 spiro atoms. The molecule has 1 amide bonds. The van der Waals surface area contributed by atoms with Crippen LogP contribution < -0.4 is 19.5 Å². The van der Waals surface area contributed by atoms with Gasteiger partial charge in [0.05, 0.1) is 12.0 Å². The van der Waals surface area contributed by atoms with E-state index in [1.54, 1.807) is 37.4 Å². The minimum Gasteiger partial charge on any atom is -0.493 e. The van der Waals surface area contributed by atoms with E-state index in [2.05, 4.69) is 15.0 Å². The van der Waals surface area contributed by atoms with E-state index < -0.39 is 10.0 Å². The van der Waals surface area contributed by atoms with E-state index in [0.29, 0.717) is 23.7 Å². The van der Waals surface area contributed by atoms with Gasteiger partial charge in [-0.3, -0.25) is 14.5 Å². The molecular weight excluding hydrogens is 442 g/mol. The number of nitrogens with zero attached hydrogens (tertiary/aromatic N) is 1. The van der Waals surface area contributed by atoms with Crippen molar-refractivity contribution in [2.75, 3.05) is 13.7 Å². The molecule has 8 nitrogen and oxygen atoms in total. The molecule has 33 heavy (non-hydrogen) atoms. The van der Waals surface area contributed by atoms with Gasteiger partial charge in [0.1, 0.15) is 19.0 Å². The zero-order valence-electron chi connectivity index (χ0n) is 17.9. The lowest BCUT2D eigenvalue weighted by atomic mass is 10.2. The van der Waals surface area contributed by atoms with Gasteiger partial charge < -0.3 is 14.8 Å². The Morgan fingerprint density at radius 2 is 1.73 bits per heavy atom. The highest BCUT2D eigenvalue weighted by Crippen LogP contribution is 2.29. The van der Waals surface area contributed by atoms with Crippen LogP contribution in [-0.2, 0) is 28.0 Å². The molecule has 1 aliphatic rings. The number of nitrogens with one attached hydrogen (secondary N) is 2. The number of carbonyl (C=O) groups excluding carboxylic acids is 1. The summed E-state index contributed by atoms with van der Waals surface area (Å²) in [6.07, 6.45) is 0. The van der Waals surface area contributed by atoms with Crippen molar-refractivity contribution in [2.24, 2.45) is 4.99 Å². The van der Waals surface area contributed by atoms with Crippen molar-refractivity contribution in [1.29, 1.82) is 0 Å². The molecule has 170 valence electrons. The topological polar surface area (TPSA) is 106 Å². The summed E-state index contributed by atoms with van der Waals surface area (Å²) >= 11 is 0. The van der Waals surface area contributed by atoms with E-state index in [-0.39, 0.29) is 29.7 Å². The fourth-order valence-electron chi connectivity index (χ4n) is 3.34. The van der Waals surface area contributed by atoms with Gasteiger partial charge in [-0.2, -0.15) is 0 Å². The van der Waals surface area contributed by atoms with Crippen LogP contribution in [-0.4, -0.2) is 33.8 Å². The van der Waals surface area contributed by atoms with Crippen LogP contribution in [0.3, 0.4) is 0 Å². The van der Waals surface area contributed by atoms with Gasteiger partial charge in [0.2, 0.25) is 5.91 Å². The van der Waals surface area contributed by atoms with Crippen molar-refractivity contribution < 1.29 is 22.7 Å². The Labute approximate surface area is 192 Å². The second-order valence-corrected chi connectivity index (χ2v) is 8.95. The molecule has 0 bridgehead atoms. The van der Waals surface area contributed by atoms with Crippen molar-refractivity contribution in [1.82, 2.24) is 10.0 Å².